The predicted octanol–water partition coefficient (Wildman–Crippen LogP) is 4.39. The third-order valence-corrected chi connectivity index (χ3v) is 5.76. The van der Waals surface area contributed by atoms with Crippen molar-refractivity contribution in [1.29, 1.82) is 0 Å². The summed E-state index contributed by atoms with van der Waals surface area (Å²) >= 11 is 0. The largest absolute Gasteiger partial charge is 0.496 e. The van der Waals surface area contributed by atoms with Crippen LogP contribution >= 0.6 is 0 Å². The highest BCUT2D eigenvalue weighted by Crippen LogP contribution is 2.32. The van der Waals surface area contributed by atoms with Crippen LogP contribution in [0.25, 0.3) is 10.9 Å². The smallest absolute Gasteiger partial charge is 0.259 e. The van der Waals surface area contributed by atoms with Crippen molar-refractivity contribution in [2.45, 2.75) is 31.7 Å². The fourth-order valence-corrected chi connectivity index (χ4v) is 4.28. The highest BCUT2D eigenvalue weighted by Gasteiger charge is 2.30. The summed E-state index contributed by atoms with van der Waals surface area (Å²) in [5, 5.41) is 4.37. The van der Waals surface area contributed by atoms with Crippen molar-refractivity contribution in [3.05, 3.63) is 65.9 Å². The van der Waals surface area contributed by atoms with Gasteiger partial charge in [-0.1, -0.05) is 36.8 Å². The maximum atomic E-state index is 13.0. The molecule has 0 saturated heterocycles. The van der Waals surface area contributed by atoms with Crippen LogP contribution in [0.2, 0.25) is 0 Å². The summed E-state index contributed by atoms with van der Waals surface area (Å²) < 4.78 is 10.8. The Bertz CT molecular complexity index is 996. The van der Waals surface area contributed by atoms with Crippen LogP contribution in [0.3, 0.4) is 0 Å². The predicted molar refractivity (Wildman–Crippen MR) is 114 cm³/mol. The number of aromatic nitrogens is 1. The van der Waals surface area contributed by atoms with E-state index in [0.29, 0.717) is 23.0 Å². The molecule has 0 bridgehead atoms. The molecule has 0 unspecified atom stereocenters. The number of carbonyl (C=O) groups excluding carboxylic acids is 1. The van der Waals surface area contributed by atoms with Crippen LogP contribution in [-0.2, 0) is 6.42 Å². The molecule has 1 saturated carbocycles. The molecule has 1 aliphatic carbocycles. The number of benzene rings is 2. The first-order valence-electron chi connectivity index (χ1n) is 10.1. The van der Waals surface area contributed by atoms with Gasteiger partial charge in [-0.25, -0.2) is 0 Å². The van der Waals surface area contributed by atoms with E-state index in [1.165, 1.54) is 0 Å². The molecular formula is C24H26N2O3. The molecule has 150 valence electrons. The van der Waals surface area contributed by atoms with Crippen molar-refractivity contribution in [2.75, 3.05) is 14.2 Å². The number of hydrogen-bond donors (Lipinski definition) is 1. The van der Waals surface area contributed by atoms with Gasteiger partial charge in [0.25, 0.3) is 5.91 Å². The van der Waals surface area contributed by atoms with Gasteiger partial charge in [0.05, 0.1) is 19.7 Å². The molecule has 1 aliphatic rings. The SMILES string of the molecule is COc1cccc(OC)c1C(=O)N[C@@H]1CCC[C@@H]1Cc1ccc2ccccc2n1. The number of nitrogens with one attached hydrogen (secondary N) is 1. The average molecular weight is 390 g/mol. The molecule has 0 spiro atoms. The van der Waals surface area contributed by atoms with Crippen LogP contribution in [0.5, 0.6) is 11.5 Å². The summed E-state index contributed by atoms with van der Waals surface area (Å²) in [4.78, 5) is 17.9. The molecular weight excluding hydrogens is 364 g/mol. The zero-order chi connectivity index (χ0) is 20.2. The number of amides is 1. The van der Waals surface area contributed by atoms with Gasteiger partial charge in [0.1, 0.15) is 17.1 Å². The van der Waals surface area contributed by atoms with Crippen molar-refractivity contribution in [1.82, 2.24) is 10.3 Å². The van der Waals surface area contributed by atoms with Gasteiger partial charge in [0, 0.05) is 17.1 Å². The lowest BCUT2D eigenvalue weighted by atomic mass is 9.96. The molecule has 1 heterocycles. The lowest BCUT2D eigenvalue weighted by Crippen LogP contribution is -2.38. The van der Waals surface area contributed by atoms with Gasteiger partial charge < -0.3 is 14.8 Å². The summed E-state index contributed by atoms with van der Waals surface area (Å²) in [7, 11) is 3.13. The van der Waals surface area contributed by atoms with E-state index in [4.69, 9.17) is 14.5 Å². The van der Waals surface area contributed by atoms with Crippen LogP contribution in [-0.4, -0.2) is 31.2 Å². The van der Waals surface area contributed by atoms with E-state index < -0.39 is 0 Å². The Hall–Kier alpha value is -3.08. The van der Waals surface area contributed by atoms with Gasteiger partial charge in [0.15, 0.2) is 0 Å². The first kappa shape index (κ1) is 19.2. The second-order valence-corrected chi connectivity index (χ2v) is 7.51. The Morgan fingerprint density at radius 1 is 1.00 bits per heavy atom. The summed E-state index contributed by atoms with van der Waals surface area (Å²) in [5.41, 5.74) is 2.54. The Labute approximate surface area is 171 Å². The van der Waals surface area contributed by atoms with Gasteiger partial charge in [-0.2, -0.15) is 0 Å². The Morgan fingerprint density at radius 3 is 2.52 bits per heavy atom. The quantitative estimate of drug-likeness (QED) is 0.678. The minimum atomic E-state index is -0.150. The second kappa shape index (κ2) is 8.52. The number of methoxy groups -OCH3 is 2. The molecule has 1 aromatic heterocycles. The third-order valence-electron chi connectivity index (χ3n) is 5.76. The van der Waals surface area contributed by atoms with Gasteiger partial charge >= 0.3 is 0 Å². The van der Waals surface area contributed by atoms with E-state index >= 15 is 0 Å². The van der Waals surface area contributed by atoms with Gasteiger partial charge in [0.2, 0.25) is 0 Å². The van der Waals surface area contributed by atoms with Gasteiger partial charge in [-0.05, 0) is 49.4 Å². The molecule has 29 heavy (non-hydrogen) atoms. The average Bonchev–Trinajstić information content (AvgIpc) is 3.19. The Kier molecular flexibility index (Phi) is 5.65. The number of carbonyl (C=O) groups is 1. The zero-order valence-corrected chi connectivity index (χ0v) is 16.9. The van der Waals surface area contributed by atoms with E-state index in [1.807, 2.05) is 24.3 Å². The first-order valence-corrected chi connectivity index (χ1v) is 10.1. The van der Waals surface area contributed by atoms with Crippen molar-refractivity contribution < 1.29 is 14.3 Å². The van der Waals surface area contributed by atoms with E-state index in [2.05, 4.69) is 23.5 Å². The summed E-state index contributed by atoms with van der Waals surface area (Å²) in [6, 6.07) is 17.9. The minimum Gasteiger partial charge on any atom is -0.496 e. The second-order valence-electron chi connectivity index (χ2n) is 7.51. The molecule has 0 aliphatic heterocycles. The number of rotatable bonds is 6. The lowest BCUT2D eigenvalue weighted by molar-refractivity contribution is 0.0921. The molecule has 1 N–H and O–H groups in total. The van der Waals surface area contributed by atoms with Crippen LogP contribution in [0, 0.1) is 5.92 Å². The van der Waals surface area contributed by atoms with Crippen molar-refractivity contribution in [3.8, 4) is 11.5 Å². The molecule has 3 aromatic rings. The third kappa shape index (κ3) is 4.04. The fraction of sp³-hybridized carbons (Fsp3) is 0.333. The summed E-state index contributed by atoms with van der Waals surface area (Å²) in [6.45, 7) is 0. The highest BCUT2D eigenvalue weighted by atomic mass is 16.5. The summed E-state index contributed by atoms with van der Waals surface area (Å²) in [6.07, 6.45) is 4.02. The molecule has 5 heteroatoms. The molecule has 0 radical (unpaired) electrons. The highest BCUT2D eigenvalue weighted by molar-refractivity contribution is 6.00. The maximum Gasteiger partial charge on any atom is 0.259 e. The zero-order valence-electron chi connectivity index (χ0n) is 16.9. The molecule has 4 rings (SSSR count). The van der Waals surface area contributed by atoms with Crippen molar-refractivity contribution in [2.24, 2.45) is 5.92 Å². The maximum absolute atomic E-state index is 13.0. The van der Waals surface area contributed by atoms with E-state index in [0.717, 1.165) is 42.3 Å². The number of fused-ring (bicyclic) bond motifs is 1. The topological polar surface area (TPSA) is 60.5 Å². The monoisotopic (exact) mass is 390 g/mol. The molecule has 5 nitrogen and oxygen atoms in total. The number of para-hydroxylation sites is 1. The number of nitrogens with zero attached hydrogens (tertiary/aromatic N) is 1. The van der Waals surface area contributed by atoms with Gasteiger partial charge in [-0.15, -0.1) is 0 Å². The Morgan fingerprint density at radius 2 is 1.76 bits per heavy atom. The number of pyridine rings is 1. The van der Waals surface area contributed by atoms with Crippen LogP contribution in [0.4, 0.5) is 0 Å². The Balaban J connectivity index is 1.51. The first-order chi connectivity index (χ1) is 14.2. The molecule has 1 amide bonds. The van der Waals surface area contributed by atoms with Crippen molar-refractivity contribution >= 4 is 16.8 Å². The van der Waals surface area contributed by atoms with E-state index in [9.17, 15) is 4.79 Å². The lowest BCUT2D eigenvalue weighted by Gasteiger charge is -2.22. The van der Waals surface area contributed by atoms with E-state index in [1.54, 1.807) is 26.4 Å². The summed E-state index contributed by atoms with van der Waals surface area (Å²) in [5.74, 6) is 1.26. The van der Waals surface area contributed by atoms with E-state index in [-0.39, 0.29) is 11.9 Å². The van der Waals surface area contributed by atoms with Crippen molar-refractivity contribution in [3.63, 3.8) is 0 Å². The molecule has 1 fully saturated rings. The number of ether oxygens (including phenoxy) is 2. The number of hydrogen-bond acceptors (Lipinski definition) is 4. The molecule has 2 atom stereocenters. The normalized spacial score (nSPS) is 18.6. The van der Waals surface area contributed by atoms with Gasteiger partial charge in [-0.3, -0.25) is 9.78 Å². The standard InChI is InChI=1S/C24H26N2O3/c1-28-21-11-6-12-22(29-2)23(21)24(27)26-20-10-5-8-17(20)15-18-14-13-16-7-3-4-9-19(16)25-18/h3-4,6-7,9,11-14,17,20H,5,8,10,15H2,1-2H3,(H,26,27)/t17-,20-/m1/s1. The fourth-order valence-electron chi connectivity index (χ4n) is 4.28. The molecule has 2 aromatic carbocycles. The van der Waals surface area contributed by atoms with Crippen LogP contribution < -0.4 is 14.8 Å². The minimum absolute atomic E-state index is 0.116. The van der Waals surface area contributed by atoms with Crippen LogP contribution in [0.1, 0.15) is 35.3 Å². The van der Waals surface area contributed by atoms with Crippen LogP contribution in [0.15, 0.2) is 54.6 Å².